The highest BCUT2D eigenvalue weighted by molar-refractivity contribution is 9.10. The van der Waals surface area contributed by atoms with Crippen molar-refractivity contribution in [1.29, 1.82) is 0 Å². The Balaban J connectivity index is 1.26. The van der Waals surface area contributed by atoms with E-state index in [2.05, 4.69) is 171 Å². The number of rotatable bonds is 5. The predicted octanol–water partition coefficient (Wildman–Crippen LogP) is 12.4. The quantitative estimate of drug-likeness (QED) is 0.178. The van der Waals surface area contributed by atoms with Crippen molar-refractivity contribution in [3.8, 4) is 45.3 Å². The molecule has 240 valence electrons. The van der Waals surface area contributed by atoms with Gasteiger partial charge in [-0.15, -0.1) is 0 Å². The minimum atomic E-state index is 0.694. The fraction of sp³-hybridized carbons (Fsp3) is 0. The molecular weight excluding hydrogens is 688 g/mol. The summed E-state index contributed by atoms with van der Waals surface area (Å²) < 4.78 is 5.87. The van der Waals surface area contributed by atoms with E-state index in [1.54, 1.807) is 0 Å². The molecule has 0 radical (unpaired) electrons. The van der Waals surface area contributed by atoms with E-state index in [1.165, 1.54) is 38.1 Å². The van der Waals surface area contributed by atoms with Crippen LogP contribution < -0.4 is 0 Å². The molecule has 0 saturated heterocycles. The summed E-state index contributed by atoms with van der Waals surface area (Å²) in [5.41, 5.74) is 11.7. The van der Waals surface area contributed by atoms with E-state index < -0.39 is 0 Å². The Morgan fingerprint density at radius 3 is 1.49 bits per heavy atom. The van der Waals surface area contributed by atoms with Crippen molar-refractivity contribution in [1.82, 2.24) is 19.1 Å². The van der Waals surface area contributed by atoms with E-state index in [-0.39, 0.29) is 0 Å². The average Bonchev–Trinajstić information content (AvgIpc) is 3.72. The summed E-state index contributed by atoms with van der Waals surface area (Å²) in [6.45, 7) is 0. The number of nitrogens with zero attached hydrogens (tertiary/aromatic N) is 4. The van der Waals surface area contributed by atoms with Crippen molar-refractivity contribution in [2.75, 3.05) is 0 Å². The van der Waals surface area contributed by atoms with Gasteiger partial charge in [0.2, 0.25) is 0 Å². The van der Waals surface area contributed by atoms with E-state index in [0.29, 0.717) is 5.82 Å². The van der Waals surface area contributed by atoms with Crippen LogP contribution in [0.5, 0.6) is 0 Å². The zero-order valence-corrected chi connectivity index (χ0v) is 29.0. The molecule has 4 nitrogen and oxygen atoms in total. The van der Waals surface area contributed by atoms with E-state index in [1.807, 2.05) is 30.3 Å². The highest BCUT2D eigenvalue weighted by Gasteiger charge is 2.21. The van der Waals surface area contributed by atoms with Gasteiger partial charge in [0, 0.05) is 54.1 Å². The van der Waals surface area contributed by atoms with Crippen LogP contribution in [0.15, 0.2) is 180 Å². The van der Waals surface area contributed by atoms with Crippen molar-refractivity contribution < 1.29 is 0 Å². The molecule has 10 aromatic rings. The number of hydrogen-bond acceptors (Lipinski definition) is 2. The summed E-state index contributed by atoms with van der Waals surface area (Å²) in [5.74, 6) is 0.694. The van der Waals surface area contributed by atoms with Crippen LogP contribution in [0.25, 0.3) is 88.9 Å². The van der Waals surface area contributed by atoms with Crippen molar-refractivity contribution in [3.05, 3.63) is 180 Å². The number of benzene rings is 7. The molecule has 5 heteroatoms. The van der Waals surface area contributed by atoms with Crippen LogP contribution in [0, 0.1) is 0 Å². The fourth-order valence-electron chi connectivity index (χ4n) is 7.53. The van der Waals surface area contributed by atoms with Crippen molar-refractivity contribution in [2.24, 2.45) is 0 Å². The highest BCUT2D eigenvalue weighted by Crippen LogP contribution is 2.42. The Morgan fingerprint density at radius 2 is 0.863 bits per heavy atom. The maximum atomic E-state index is 5.17. The molecule has 0 unspecified atom stereocenters. The standard InChI is InChI=1S/C46H29BrN4/c47-33-17-11-15-31(27-33)40-29-41(49-46(48-40)30-13-3-1-4-14-30)32-16-12-20-35(28-32)51-43-24-10-8-22-37(43)39-26-25-38-36-21-7-9-23-42(36)50(44(38)45(39)51)34-18-5-2-6-19-34/h1-29H. The van der Waals surface area contributed by atoms with Gasteiger partial charge < -0.3 is 9.13 Å². The van der Waals surface area contributed by atoms with Crippen LogP contribution in [0.1, 0.15) is 0 Å². The molecule has 7 aromatic carbocycles. The monoisotopic (exact) mass is 716 g/mol. The van der Waals surface area contributed by atoms with E-state index >= 15 is 0 Å². The lowest BCUT2D eigenvalue weighted by Gasteiger charge is -2.14. The second kappa shape index (κ2) is 11.9. The molecule has 0 aliphatic rings. The summed E-state index contributed by atoms with van der Waals surface area (Å²) >= 11 is 3.66. The van der Waals surface area contributed by atoms with Crippen LogP contribution in [-0.2, 0) is 0 Å². The van der Waals surface area contributed by atoms with Crippen LogP contribution in [0.4, 0.5) is 0 Å². The number of para-hydroxylation sites is 3. The molecule has 0 spiro atoms. The molecule has 3 heterocycles. The minimum absolute atomic E-state index is 0.694. The molecular formula is C46H29BrN4. The average molecular weight is 718 g/mol. The second-order valence-corrected chi connectivity index (χ2v) is 13.7. The third-order valence-electron chi connectivity index (χ3n) is 9.76. The Bertz CT molecular complexity index is 2920. The first-order valence-corrected chi connectivity index (χ1v) is 17.8. The first-order chi connectivity index (χ1) is 25.2. The molecule has 0 atom stereocenters. The van der Waals surface area contributed by atoms with Crippen LogP contribution in [0.3, 0.4) is 0 Å². The summed E-state index contributed by atoms with van der Waals surface area (Å²) in [4.78, 5) is 10.2. The number of hydrogen-bond donors (Lipinski definition) is 0. The smallest absolute Gasteiger partial charge is 0.160 e. The lowest BCUT2D eigenvalue weighted by Crippen LogP contribution is -1.99. The molecule has 0 N–H and O–H groups in total. The molecule has 0 bridgehead atoms. The summed E-state index contributed by atoms with van der Waals surface area (Å²) in [6.07, 6.45) is 0. The second-order valence-electron chi connectivity index (χ2n) is 12.8. The molecule has 0 saturated carbocycles. The third-order valence-corrected chi connectivity index (χ3v) is 10.3. The first-order valence-electron chi connectivity index (χ1n) is 17.0. The van der Waals surface area contributed by atoms with Crippen LogP contribution in [-0.4, -0.2) is 19.1 Å². The lowest BCUT2D eigenvalue weighted by molar-refractivity contribution is 1.15. The molecule has 0 aliphatic heterocycles. The topological polar surface area (TPSA) is 35.6 Å². The highest BCUT2D eigenvalue weighted by atomic mass is 79.9. The summed E-state index contributed by atoms with van der Waals surface area (Å²) in [7, 11) is 0. The Labute approximate surface area is 303 Å². The van der Waals surface area contributed by atoms with Crippen LogP contribution in [0.2, 0.25) is 0 Å². The molecule has 0 fully saturated rings. The van der Waals surface area contributed by atoms with Crippen molar-refractivity contribution in [2.45, 2.75) is 0 Å². The number of fused-ring (bicyclic) bond motifs is 7. The van der Waals surface area contributed by atoms with Crippen molar-refractivity contribution >= 4 is 59.5 Å². The maximum Gasteiger partial charge on any atom is 0.160 e. The van der Waals surface area contributed by atoms with Gasteiger partial charge in [0.15, 0.2) is 5.82 Å². The molecule has 10 rings (SSSR count). The fourth-order valence-corrected chi connectivity index (χ4v) is 7.92. The summed E-state index contributed by atoms with van der Waals surface area (Å²) in [5, 5.41) is 4.89. The first kappa shape index (κ1) is 29.6. The van der Waals surface area contributed by atoms with Gasteiger partial charge in [0.05, 0.1) is 33.5 Å². The number of halogens is 1. The SMILES string of the molecule is Brc1cccc(-c2cc(-c3cccc(-n4c5ccccc5c5ccc6c7ccccc7n(-c7ccccc7)c6c54)c3)nc(-c3ccccc3)n2)c1. The van der Waals surface area contributed by atoms with Gasteiger partial charge in [-0.25, -0.2) is 9.97 Å². The van der Waals surface area contributed by atoms with Crippen molar-refractivity contribution in [3.63, 3.8) is 0 Å². The van der Waals surface area contributed by atoms with Gasteiger partial charge >= 0.3 is 0 Å². The minimum Gasteiger partial charge on any atom is -0.307 e. The Kier molecular flexibility index (Phi) is 6.93. The van der Waals surface area contributed by atoms with Gasteiger partial charge in [-0.3, -0.25) is 0 Å². The van der Waals surface area contributed by atoms with E-state index in [4.69, 9.17) is 9.97 Å². The normalized spacial score (nSPS) is 11.6. The molecule has 3 aromatic heterocycles. The Hall–Kier alpha value is -6.30. The zero-order valence-electron chi connectivity index (χ0n) is 27.4. The zero-order chi connectivity index (χ0) is 33.9. The molecule has 51 heavy (non-hydrogen) atoms. The van der Waals surface area contributed by atoms with Crippen LogP contribution >= 0.6 is 15.9 Å². The maximum absolute atomic E-state index is 5.17. The van der Waals surface area contributed by atoms with E-state index in [0.717, 1.165) is 49.4 Å². The lowest BCUT2D eigenvalue weighted by atomic mass is 10.1. The third kappa shape index (κ3) is 4.89. The molecule has 0 aliphatic carbocycles. The largest absolute Gasteiger partial charge is 0.307 e. The summed E-state index contributed by atoms with van der Waals surface area (Å²) in [6, 6.07) is 62.1. The predicted molar refractivity (Wildman–Crippen MR) is 215 cm³/mol. The van der Waals surface area contributed by atoms with E-state index in [9.17, 15) is 0 Å². The number of aromatic nitrogens is 4. The van der Waals surface area contributed by atoms with Gasteiger partial charge in [0.25, 0.3) is 0 Å². The molecule has 0 amide bonds. The Morgan fingerprint density at radius 1 is 0.373 bits per heavy atom. The van der Waals surface area contributed by atoms with Gasteiger partial charge in [-0.05, 0) is 54.6 Å². The van der Waals surface area contributed by atoms with Gasteiger partial charge in [0.1, 0.15) is 0 Å². The van der Waals surface area contributed by atoms with Gasteiger partial charge in [-0.2, -0.15) is 0 Å². The van der Waals surface area contributed by atoms with Gasteiger partial charge in [-0.1, -0.05) is 137 Å².